The maximum Gasteiger partial charge on any atom is 0.226 e. The molecule has 2 heterocycles. The molecule has 0 amide bonds. The fourth-order valence-electron chi connectivity index (χ4n) is 3.98. The summed E-state index contributed by atoms with van der Waals surface area (Å²) in [5.74, 6) is 0.881. The van der Waals surface area contributed by atoms with Crippen LogP contribution in [0, 0.1) is 22.7 Å². The lowest BCUT2D eigenvalue weighted by atomic mass is 9.79. The van der Waals surface area contributed by atoms with Crippen molar-refractivity contribution in [2.24, 2.45) is 0 Å². The Hall–Kier alpha value is -2.75. The highest BCUT2D eigenvalue weighted by atomic mass is 35.5. The Labute approximate surface area is 205 Å². The van der Waals surface area contributed by atoms with Gasteiger partial charge < -0.3 is 15.3 Å². The van der Waals surface area contributed by atoms with E-state index in [4.69, 9.17) is 33.4 Å². The molecule has 1 aliphatic rings. The maximum atomic E-state index is 9.93. The molecule has 0 atom stereocenters. The molecule has 10 heteroatoms. The van der Waals surface area contributed by atoms with E-state index >= 15 is 0 Å². The summed E-state index contributed by atoms with van der Waals surface area (Å²) in [5, 5.41) is 30.8. The van der Waals surface area contributed by atoms with Crippen molar-refractivity contribution >= 4 is 40.8 Å². The van der Waals surface area contributed by atoms with Crippen molar-refractivity contribution in [1.29, 1.82) is 10.5 Å². The van der Waals surface area contributed by atoms with E-state index in [0.717, 1.165) is 0 Å². The van der Waals surface area contributed by atoms with Gasteiger partial charge in [-0.15, -0.1) is 0 Å². The van der Waals surface area contributed by atoms with Crippen molar-refractivity contribution in [3.63, 3.8) is 0 Å². The van der Waals surface area contributed by atoms with Crippen molar-refractivity contribution < 1.29 is 9.52 Å². The van der Waals surface area contributed by atoms with Crippen LogP contribution in [0.5, 0.6) is 0 Å². The number of halogens is 2. The molecular weight excluding hydrogens is 481 g/mol. The summed E-state index contributed by atoms with van der Waals surface area (Å²) < 4.78 is 5.58. The number of rotatable bonds is 5. The maximum absolute atomic E-state index is 9.93. The highest BCUT2D eigenvalue weighted by molar-refractivity contribution is 7.98. The van der Waals surface area contributed by atoms with Crippen molar-refractivity contribution in [2.45, 2.75) is 48.5 Å². The van der Waals surface area contributed by atoms with E-state index in [0.29, 0.717) is 74.8 Å². The van der Waals surface area contributed by atoms with E-state index < -0.39 is 0 Å². The molecule has 1 saturated carbocycles. The molecule has 1 aromatic carbocycles. The quantitative estimate of drug-likeness (QED) is 0.428. The van der Waals surface area contributed by atoms with Crippen molar-refractivity contribution in [3.05, 3.63) is 56.9 Å². The van der Waals surface area contributed by atoms with Gasteiger partial charge in [-0.3, -0.25) is 0 Å². The Bertz CT molecular complexity index is 1270. The lowest BCUT2D eigenvalue weighted by molar-refractivity contribution is 0.122. The van der Waals surface area contributed by atoms with Gasteiger partial charge in [-0.05, 0) is 55.4 Å². The van der Waals surface area contributed by atoms with E-state index in [1.807, 2.05) is 0 Å². The molecule has 0 saturated heterocycles. The van der Waals surface area contributed by atoms with Gasteiger partial charge in [0.1, 0.15) is 29.2 Å². The third-order valence-electron chi connectivity index (χ3n) is 5.63. The van der Waals surface area contributed by atoms with Crippen LogP contribution in [0.1, 0.15) is 54.0 Å². The predicted octanol–water partition coefficient (Wildman–Crippen LogP) is 5.68. The third kappa shape index (κ3) is 4.95. The number of benzene rings is 1. The SMILES string of the molecule is N#Cc1c(N)nc(SCc2coc(-c3ccc(Cl)c(Cl)c3)n2)c(C#N)c1[C@H]1CC[C@@H](O)CC1. The zero-order chi connectivity index (χ0) is 23.5. The van der Waals surface area contributed by atoms with Gasteiger partial charge in [0.05, 0.1) is 33.0 Å². The number of nitrogens with two attached hydrogens (primary N) is 1. The first-order valence-electron chi connectivity index (χ1n) is 10.3. The minimum absolute atomic E-state index is 0.0179. The molecule has 0 radical (unpaired) electrons. The summed E-state index contributed by atoms with van der Waals surface area (Å²) >= 11 is 13.4. The summed E-state index contributed by atoms with van der Waals surface area (Å²) in [6, 6.07) is 9.47. The van der Waals surface area contributed by atoms with E-state index in [1.165, 1.54) is 18.0 Å². The van der Waals surface area contributed by atoms with Crippen LogP contribution in [0.25, 0.3) is 11.5 Å². The monoisotopic (exact) mass is 499 g/mol. The fraction of sp³-hybridized carbons (Fsp3) is 0.304. The Morgan fingerprint density at radius 3 is 2.48 bits per heavy atom. The predicted molar refractivity (Wildman–Crippen MR) is 127 cm³/mol. The summed E-state index contributed by atoms with van der Waals surface area (Å²) in [4.78, 5) is 8.83. The highest BCUT2D eigenvalue weighted by Gasteiger charge is 2.29. The Balaban J connectivity index is 1.60. The number of aliphatic hydroxyl groups is 1. The molecule has 2 aromatic heterocycles. The molecule has 7 nitrogen and oxygen atoms in total. The summed E-state index contributed by atoms with van der Waals surface area (Å²) in [5.41, 5.74) is 8.70. The van der Waals surface area contributed by atoms with Gasteiger partial charge in [0.25, 0.3) is 0 Å². The lowest BCUT2D eigenvalue weighted by Gasteiger charge is -2.27. The normalized spacial score (nSPS) is 18.0. The smallest absolute Gasteiger partial charge is 0.226 e. The van der Waals surface area contributed by atoms with E-state index in [-0.39, 0.29) is 23.4 Å². The summed E-state index contributed by atoms with van der Waals surface area (Å²) in [6.07, 6.45) is 3.82. The van der Waals surface area contributed by atoms with Gasteiger partial charge in [-0.2, -0.15) is 10.5 Å². The molecule has 4 rings (SSSR count). The van der Waals surface area contributed by atoms with Crippen molar-refractivity contribution in [3.8, 4) is 23.6 Å². The number of nitriles is 2. The fourth-order valence-corrected chi connectivity index (χ4v) is 5.16. The molecule has 3 aromatic rings. The van der Waals surface area contributed by atoms with Crippen LogP contribution in [-0.4, -0.2) is 21.2 Å². The van der Waals surface area contributed by atoms with E-state index in [9.17, 15) is 15.6 Å². The third-order valence-corrected chi connectivity index (χ3v) is 7.38. The number of oxazole rings is 1. The van der Waals surface area contributed by atoms with E-state index in [2.05, 4.69) is 22.1 Å². The molecular formula is C23H19Cl2N5O2S. The molecule has 33 heavy (non-hydrogen) atoms. The Morgan fingerprint density at radius 1 is 1.09 bits per heavy atom. The molecule has 1 aliphatic carbocycles. The number of hydrogen-bond donors (Lipinski definition) is 2. The van der Waals surface area contributed by atoms with Gasteiger partial charge >= 0.3 is 0 Å². The van der Waals surface area contributed by atoms with Crippen LogP contribution in [0.2, 0.25) is 10.0 Å². The van der Waals surface area contributed by atoms with Gasteiger partial charge in [0.2, 0.25) is 5.89 Å². The zero-order valence-corrected chi connectivity index (χ0v) is 19.7. The number of aromatic nitrogens is 2. The Morgan fingerprint density at radius 2 is 1.82 bits per heavy atom. The first-order chi connectivity index (χ1) is 15.9. The van der Waals surface area contributed by atoms with Gasteiger partial charge in [0, 0.05) is 11.3 Å². The van der Waals surface area contributed by atoms with E-state index in [1.54, 1.807) is 18.2 Å². The first-order valence-corrected chi connectivity index (χ1v) is 12.0. The average Bonchev–Trinajstić information content (AvgIpc) is 3.28. The molecule has 0 bridgehead atoms. The molecule has 1 fully saturated rings. The Kier molecular flexibility index (Phi) is 7.11. The highest BCUT2D eigenvalue weighted by Crippen LogP contribution is 2.40. The van der Waals surface area contributed by atoms with Gasteiger partial charge in [-0.25, -0.2) is 9.97 Å². The zero-order valence-electron chi connectivity index (χ0n) is 17.4. The van der Waals surface area contributed by atoms with Crippen LogP contribution in [0.4, 0.5) is 5.82 Å². The second-order valence-corrected chi connectivity index (χ2v) is 9.53. The number of anilines is 1. The van der Waals surface area contributed by atoms with Gasteiger partial charge in [0.15, 0.2) is 0 Å². The topological polar surface area (TPSA) is 133 Å². The number of hydrogen-bond acceptors (Lipinski definition) is 8. The largest absolute Gasteiger partial charge is 0.444 e. The number of thioether (sulfide) groups is 1. The van der Waals surface area contributed by atoms with Crippen LogP contribution in [0.3, 0.4) is 0 Å². The molecule has 0 unspecified atom stereocenters. The van der Waals surface area contributed by atoms with Crippen molar-refractivity contribution in [2.75, 3.05) is 5.73 Å². The first kappa shape index (κ1) is 23.4. The minimum Gasteiger partial charge on any atom is -0.444 e. The second-order valence-electron chi connectivity index (χ2n) is 7.76. The van der Waals surface area contributed by atoms with Crippen LogP contribution < -0.4 is 5.73 Å². The number of nitrogens with zero attached hydrogens (tertiary/aromatic N) is 4. The average molecular weight is 500 g/mol. The number of nitrogen functional groups attached to an aromatic ring is 1. The molecule has 168 valence electrons. The lowest BCUT2D eigenvalue weighted by Crippen LogP contribution is -2.19. The van der Waals surface area contributed by atoms with Crippen LogP contribution in [0.15, 0.2) is 33.9 Å². The summed E-state index contributed by atoms with van der Waals surface area (Å²) in [6.45, 7) is 0. The molecule has 0 spiro atoms. The minimum atomic E-state index is -0.345. The van der Waals surface area contributed by atoms with Crippen LogP contribution >= 0.6 is 35.0 Å². The van der Waals surface area contributed by atoms with Gasteiger partial charge in [-0.1, -0.05) is 35.0 Å². The second kappa shape index (κ2) is 10.0. The molecule has 3 N–H and O–H groups in total. The summed E-state index contributed by atoms with van der Waals surface area (Å²) in [7, 11) is 0. The number of aliphatic hydroxyl groups excluding tert-OH is 1. The number of pyridine rings is 1. The van der Waals surface area contributed by atoms with Crippen molar-refractivity contribution in [1.82, 2.24) is 9.97 Å². The van der Waals surface area contributed by atoms with Crippen LogP contribution in [-0.2, 0) is 5.75 Å². The molecule has 0 aliphatic heterocycles. The standard InChI is InChI=1S/C23H19Cl2N5O2S/c24-18-6-3-13(7-19(18)25)22-29-14(10-32-22)11-33-23-17(9-27)20(16(8-26)21(28)30-23)12-1-4-15(31)5-2-12/h3,6-7,10,12,15,31H,1-2,4-5,11H2,(H2,28,30)/t12-,15+.